The van der Waals surface area contributed by atoms with Crippen molar-refractivity contribution in [2.75, 3.05) is 5.32 Å². The average molecular weight is 304 g/mol. The molecule has 0 bridgehead atoms. The molecular formula is C17H18ClNO2. The monoisotopic (exact) mass is 303 g/mol. The van der Waals surface area contributed by atoms with E-state index in [1.54, 1.807) is 6.07 Å². The predicted molar refractivity (Wildman–Crippen MR) is 85.3 cm³/mol. The number of nitrogens with one attached hydrogen (secondary N) is 1. The fourth-order valence-corrected chi connectivity index (χ4v) is 2.21. The summed E-state index contributed by atoms with van der Waals surface area (Å²) in [4.78, 5) is 12.2. The number of benzene rings is 2. The molecule has 0 aliphatic carbocycles. The predicted octanol–water partition coefficient (Wildman–Crippen LogP) is 3.65. The molecule has 0 saturated carbocycles. The van der Waals surface area contributed by atoms with Crippen molar-refractivity contribution in [2.24, 2.45) is 5.92 Å². The summed E-state index contributed by atoms with van der Waals surface area (Å²) < 4.78 is 0. The number of hydrogen-bond donors (Lipinski definition) is 2. The standard InChI is InChI=1S/C17H18ClNO2/c1-12(9-13-5-7-15(18)8-6-13)17(21)19-16-4-2-3-14(10-16)11-20/h2-8,10,12,20H,9,11H2,1H3,(H,19,21). The molecule has 2 aromatic rings. The Balaban J connectivity index is 1.97. The van der Waals surface area contributed by atoms with E-state index in [2.05, 4.69) is 5.32 Å². The van der Waals surface area contributed by atoms with Crippen molar-refractivity contribution in [3.05, 3.63) is 64.7 Å². The summed E-state index contributed by atoms with van der Waals surface area (Å²) in [5.41, 5.74) is 2.55. The maximum Gasteiger partial charge on any atom is 0.227 e. The molecule has 2 N–H and O–H groups in total. The first-order valence-corrected chi connectivity index (χ1v) is 7.21. The SMILES string of the molecule is CC(Cc1ccc(Cl)cc1)C(=O)Nc1cccc(CO)c1. The molecule has 1 unspecified atom stereocenters. The van der Waals surface area contributed by atoms with Crippen LogP contribution in [0.15, 0.2) is 48.5 Å². The maximum absolute atomic E-state index is 12.2. The van der Waals surface area contributed by atoms with Gasteiger partial charge in [-0.15, -0.1) is 0 Å². The molecule has 0 heterocycles. The van der Waals surface area contributed by atoms with E-state index in [9.17, 15) is 4.79 Å². The Labute approximate surface area is 129 Å². The number of hydrogen-bond acceptors (Lipinski definition) is 2. The van der Waals surface area contributed by atoms with Crippen LogP contribution < -0.4 is 5.32 Å². The number of carbonyl (C=O) groups is 1. The molecule has 0 aliphatic heterocycles. The lowest BCUT2D eigenvalue weighted by Gasteiger charge is -2.13. The van der Waals surface area contributed by atoms with Gasteiger partial charge in [0.25, 0.3) is 0 Å². The van der Waals surface area contributed by atoms with Crippen LogP contribution in [-0.4, -0.2) is 11.0 Å². The normalized spacial score (nSPS) is 12.0. The second kappa shape index (κ2) is 7.25. The van der Waals surface area contributed by atoms with E-state index in [0.717, 1.165) is 11.1 Å². The number of rotatable bonds is 5. The zero-order chi connectivity index (χ0) is 15.2. The summed E-state index contributed by atoms with van der Waals surface area (Å²) in [6, 6.07) is 14.7. The Bertz CT molecular complexity index is 610. The smallest absolute Gasteiger partial charge is 0.227 e. The zero-order valence-electron chi connectivity index (χ0n) is 11.8. The Hall–Kier alpha value is -1.84. The third kappa shape index (κ3) is 4.59. The van der Waals surface area contributed by atoms with Gasteiger partial charge in [0.2, 0.25) is 5.91 Å². The van der Waals surface area contributed by atoms with Crippen LogP contribution in [0, 0.1) is 5.92 Å². The summed E-state index contributed by atoms with van der Waals surface area (Å²) in [6.07, 6.45) is 0.655. The van der Waals surface area contributed by atoms with Gasteiger partial charge >= 0.3 is 0 Å². The molecule has 1 amide bonds. The van der Waals surface area contributed by atoms with Gasteiger partial charge in [0, 0.05) is 16.6 Å². The first-order chi connectivity index (χ1) is 10.1. The fourth-order valence-electron chi connectivity index (χ4n) is 2.08. The molecule has 0 aliphatic rings. The van der Waals surface area contributed by atoms with Gasteiger partial charge in [-0.25, -0.2) is 0 Å². The molecule has 2 rings (SSSR count). The number of carbonyl (C=O) groups excluding carboxylic acids is 1. The maximum atomic E-state index is 12.2. The molecule has 21 heavy (non-hydrogen) atoms. The van der Waals surface area contributed by atoms with Crippen molar-refractivity contribution in [2.45, 2.75) is 20.0 Å². The second-order valence-corrected chi connectivity index (χ2v) is 5.52. The van der Waals surface area contributed by atoms with Crippen molar-refractivity contribution < 1.29 is 9.90 Å². The van der Waals surface area contributed by atoms with E-state index < -0.39 is 0 Å². The van der Waals surface area contributed by atoms with Crippen LogP contribution in [0.2, 0.25) is 5.02 Å². The minimum Gasteiger partial charge on any atom is -0.392 e. The first kappa shape index (κ1) is 15.5. The van der Waals surface area contributed by atoms with Crippen molar-refractivity contribution in [3.63, 3.8) is 0 Å². The quantitative estimate of drug-likeness (QED) is 0.886. The van der Waals surface area contributed by atoms with Crippen LogP contribution in [0.1, 0.15) is 18.1 Å². The number of aliphatic hydroxyl groups is 1. The summed E-state index contributed by atoms with van der Waals surface area (Å²) in [5, 5.41) is 12.7. The van der Waals surface area contributed by atoms with Crippen molar-refractivity contribution in [1.29, 1.82) is 0 Å². The molecule has 0 saturated heterocycles. The molecule has 0 fully saturated rings. The summed E-state index contributed by atoms with van der Waals surface area (Å²) in [6.45, 7) is 1.85. The Morgan fingerprint density at radius 3 is 2.57 bits per heavy atom. The molecule has 0 aromatic heterocycles. The van der Waals surface area contributed by atoms with E-state index in [1.807, 2.05) is 49.4 Å². The lowest BCUT2D eigenvalue weighted by molar-refractivity contribution is -0.119. The van der Waals surface area contributed by atoms with Crippen LogP contribution in [0.4, 0.5) is 5.69 Å². The summed E-state index contributed by atoms with van der Waals surface area (Å²) in [5.74, 6) is -0.191. The third-order valence-electron chi connectivity index (χ3n) is 3.28. The molecule has 4 heteroatoms. The van der Waals surface area contributed by atoms with Gasteiger partial charge in [-0.1, -0.05) is 42.8 Å². The lowest BCUT2D eigenvalue weighted by atomic mass is 10.0. The Morgan fingerprint density at radius 2 is 1.90 bits per heavy atom. The highest BCUT2D eigenvalue weighted by Gasteiger charge is 2.14. The number of anilines is 1. The second-order valence-electron chi connectivity index (χ2n) is 5.08. The van der Waals surface area contributed by atoms with E-state index in [4.69, 9.17) is 16.7 Å². The van der Waals surface area contributed by atoms with Crippen molar-refractivity contribution in [3.8, 4) is 0 Å². The molecule has 0 spiro atoms. The summed E-state index contributed by atoms with van der Waals surface area (Å²) in [7, 11) is 0. The largest absolute Gasteiger partial charge is 0.392 e. The van der Waals surface area contributed by atoms with Gasteiger partial charge in [-0.05, 0) is 41.8 Å². The molecule has 110 valence electrons. The Morgan fingerprint density at radius 1 is 1.19 bits per heavy atom. The minimum absolute atomic E-state index is 0.0377. The highest BCUT2D eigenvalue weighted by Crippen LogP contribution is 2.16. The van der Waals surface area contributed by atoms with Crippen molar-refractivity contribution >= 4 is 23.2 Å². The van der Waals surface area contributed by atoms with Gasteiger partial charge in [-0.3, -0.25) is 4.79 Å². The zero-order valence-corrected chi connectivity index (χ0v) is 12.6. The molecular weight excluding hydrogens is 286 g/mol. The van der Waals surface area contributed by atoms with Crippen LogP contribution in [-0.2, 0) is 17.8 Å². The first-order valence-electron chi connectivity index (χ1n) is 6.83. The van der Waals surface area contributed by atoms with Gasteiger partial charge in [-0.2, -0.15) is 0 Å². The lowest BCUT2D eigenvalue weighted by Crippen LogP contribution is -2.22. The van der Waals surface area contributed by atoms with E-state index in [0.29, 0.717) is 17.1 Å². The fraction of sp³-hybridized carbons (Fsp3) is 0.235. The topological polar surface area (TPSA) is 49.3 Å². The van der Waals surface area contributed by atoms with E-state index >= 15 is 0 Å². The van der Waals surface area contributed by atoms with E-state index in [-0.39, 0.29) is 18.4 Å². The number of amides is 1. The number of aliphatic hydroxyl groups excluding tert-OH is 1. The molecule has 2 aromatic carbocycles. The minimum atomic E-state index is -0.149. The van der Waals surface area contributed by atoms with Gasteiger partial charge in [0.05, 0.1) is 6.61 Å². The number of halogens is 1. The van der Waals surface area contributed by atoms with Crippen LogP contribution in [0.3, 0.4) is 0 Å². The highest BCUT2D eigenvalue weighted by molar-refractivity contribution is 6.30. The molecule has 0 radical (unpaired) electrons. The van der Waals surface area contributed by atoms with Crippen molar-refractivity contribution in [1.82, 2.24) is 0 Å². The molecule has 3 nitrogen and oxygen atoms in total. The summed E-state index contributed by atoms with van der Waals surface area (Å²) >= 11 is 5.85. The van der Waals surface area contributed by atoms with Gasteiger partial charge < -0.3 is 10.4 Å². The van der Waals surface area contributed by atoms with Gasteiger partial charge in [0.15, 0.2) is 0 Å². The average Bonchev–Trinajstić information content (AvgIpc) is 2.49. The Kier molecular flexibility index (Phi) is 5.37. The van der Waals surface area contributed by atoms with E-state index in [1.165, 1.54) is 0 Å². The van der Waals surface area contributed by atoms with Crippen LogP contribution in [0.25, 0.3) is 0 Å². The van der Waals surface area contributed by atoms with Crippen LogP contribution >= 0.6 is 11.6 Å². The van der Waals surface area contributed by atoms with Gasteiger partial charge in [0.1, 0.15) is 0 Å². The third-order valence-corrected chi connectivity index (χ3v) is 3.53. The highest BCUT2D eigenvalue weighted by atomic mass is 35.5. The van der Waals surface area contributed by atoms with Crippen LogP contribution in [0.5, 0.6) is 0 Å². The molecule has 1 atom stereocenters.